The summed E-state index contributed by atoms with van der Waals surface area (Å²) in [4.78, 5) is 16.9. The van der Waals surface area contributed by atoms with Gasteiger partial charge in [-0.3, -0.25) is 0 Å². The Kier molecular flexibility index (Phi) is 2.95. The van der Waals surface area contributed by atoms with Gasteiger partial charge in [0.05, 0.1) is 24.3 Å². The molecule has 1 aromatic heterocycles. The average Bonchev–Trinajstić information content (AvgIpc) is 2.82. The van der Waals surface area contributed by atoms with Crippen LogP contribution in [-0.4, -0.2) is 32.2 Å². The molecule has 98 valence electrons. The summed E-state index contributed by atoms with van der Waals surface area (Å²) in [5, 5.41) is 9.08. The van der Waals surface area contributed by atoms with Crippen molar-refractivity contribution in [3.8, 4) is 0 Å². The maximum atomic E-state index is 11.1. The van der Waals surface area contributed by atoms with E-state index in [9.17, 15) is 4.79 Å². The van der Waals surface area contributed by atoms with Gasteiger partial charge in [-0.1, -0.05) is 30.3 Å². The zero-order valence-electron chi connectivity index (χ0n) is 10.5. The van der Waals surface area contributed by atoms with Gasteiger partial charge in [-0.05, 0) is 5.56 Å². The highest BCUT2D eigenvalue weighted by atomic mass is 16.4. The first-order valence-corrected chi connectivity index (χ1v) is 6.28. The lowest BCUT2D eigenvalue weighted by atomic mass is 10.1. The Morgan fingerprint density at radius 3 is 2.84 bits per heavy atom. The van der Waals surface area contributed by atoms with Crippen LogP contribution in [0, 0.1) is 0 Å². The van der Waals surface area contributed by atoms with E-state index in [0.717, 1.165) is 17.9 Å². The standard InChI is InChI=1S/C14H15N3O2/c18-14(19)16-7-6-12-13(9-16)17(10-15-12)8-11-4-2-1-3-5-11/h1-5,10H,6-9H2,(H,18,19). The van der Waals surface area contributed by atoms with Gasteiger partial charge < -0.3 is 14.6 Å². The highest BCUT2D eigenvalue weighted by Crippen LogP contribution is 2.19. The number of aromatic nitrogens is 2. The summed E-state index contributed by atoms with van der Waals surface area (Å²) in [6, 6.07) is 10.1. The van der Waals surface area contributed by atoms with Gasteiger partial charge in [0.25, 0.3) is 0 Å². The minimum absolute atomic E-state index is 0.428. The Labute approximate surface area is 111 Å². The summed E-state index contributed by atoms with van der Waals surface area (Å²) < 4.78 is 2.04. The first-order chi connectivity index (χ1) is 9.24. The quantitative estimate of drug-likeness (QED) is 0.894. The van der Waals surface area contributed by atoms with E-state index < -0.39 is 6.09 Å². The maximum absolute atomic E-state index is 11.1. The Morgan fingerprint density at radius 1 is 1.32 bits per heavy atom. The number of fused-ring (bicyclic) bond motifs is 1. The van der Waals surface area contributed by atoms with E-state index in [1.54, 1.807) is 0 Å². The summed E-state index contributed by atoms with van der Waals surface area (Å²) in [5.74, 6) is 0. The zero-order valence-corrected chi connectivity index (χ0v) is 10.5. The monoisotopic (exact) mass is 257 g/mol. The van der Waals surface area contributed by atoms with Crippen LogP contribution in [-0.2, 0) is 19.5 Å². The van der Waals surface area contributed by atoms with E-state index in [1.807, 2.05) is 29.1 Å². The molecule has 0 spiro atoms. The second kappa shape index (κ2) is 4.76. The predicted molar refractivity (Wildman–Crippen MR) is 69.9 cm³/mol. The van der Waals surface area contributed by atoms with Gasteiger partial charge in [-0.25, -0.2) is 9.78 Å². The lowest BCUT2D eigenvalue weighted by molar-refractivity contribution is 0.138. The molecule has 5 heteroatoms. The number of amides is 1. The van der Waals surface area contributed by atoms with Crippen LogP contribution in [0.5, 0.6) is 0 Å². The van der Waals surface area contributed by atoms with E-state index in [-0.39, 0.29) is 0 Å². The number of nitrogens with zero attached hydrogens (tertiary/aromatic N) is 3. The fourth-order valence-electron chi connectivity index (χ4n) is 2.42. The van der Waals surface area contributed by atoms with Gasteiger partial charge in [0.2, 0.25) is 0 Å². The Balaban J connectivity index is 1.85. The molecular weight excluding hydrogens is 242 g/mol. The SMILES string of the molecule is O=C(O)N1CCc2ncn(Cc3ccccc3)c2C1. The van der Waals surface area contributed by atoms with Crippen LogP contribution < -0.4 is 0 Å². The molecule has 0 fully saturated rings. The molecule has 1 N–H and O–H groups in total. The van der Waals surface area contributed by atoms with Crippen molar-refractivity contribution in [2.24, 2.45) is 0 Å². The molecule has 0 saturated heterocycles. The van der Waals surface area contributed by atoms with E-state index in [4.69, 9.17) is 5.11 Å². The van der Waals surface area contributed by atoms with Crippen molar-refractivity contribution in [3.05, 3.63) is 53.6 Å². The summed E-state index contributed by atoms with van der Waals surface area (Å²) in [6.07, 6.45) is 1.64. The minimum atomic E-state index is -0.863. The molecule has 1 aliphatic rings. The molecule has 0 unspecified atom stereocenters. The molecule has 0 saturated carbocycles. The molecule has 3 rings (SSSR count). The Hall–Kier alpha value is -2.30. The summed E-state index contributed by atoms with van der Waals surface area (Å²) in [6.45, 7) is 1.69. The molecule has 1 amide bonds. The number of benzene rings is 1. The number of hydrogen-bond acceptors (Lipinski definition) is 2. The molecule has 2 aromatic rings. The summed E-state index contributed by atoms with van der Waals surface area (Å²) >= 11 is 0. The van der Waals surface area contributed by atoms with E-state index in [2.05, 4.69) is 17.1 Å². The van der Waals surface area contributed by atoms with Crippen LogP contribution in [0.1, 0.15) is 17.0 Å². The molecule has 0 atom stereocenters. The van der Waals surface area contributed by atoms with Crippen LogP contribution in [0.3, 0.4) is 0 Å². The molecule has 2 heterocycles. The van der Waals surface area contributed by atoms with Crippen LogP contribution in [0.25, 0.3) is 0 Å². The maximum Gasteiger partial charge on any atom is 0.407 e. The van der Waals surface area contributed by atoms with Gasteiger partial charge in [0.1, 0.15) is 0 Å². The zero-order chi connectivity index (χ0) is 13.2. The van der Waals surface area contributed by atoms with Crippen molar-refractivity contribution < 1.29 is 9.90 Å². The van der Waals surface area contributed by atoms with E-state index in [1.165, 1.54) is 10.5 Å². The van der Waals surface area contributed by atoms with E-state index >= 15 is 0 Å². The lowest BCUT2D eigenvalue weighted by Gasteiger charge is -2.24. The first-order valence-electron chi connectivity index (χ1n) is 6.28. The number of carboxylic acid groups (broad SMARTS) is 1. The third-order valence-corrected chi connectivity index (χ3v) is 3.46. The van der Waals surface area contributed by atoms with Gasteiger partial charge in [-0.2, -0.15) is 0 Å². The van der Waals surface area contributed by atoms with Crippen molar-refractivity contribution in [2.75, 3.05) is 6.54 Å². The molecule has 1 aliphatic heterocycles. The van der Waals surface area contributed by atoms with Crippen LogP contribution in [0.2, 0.25) is 0 Å². The minimum Gasteiger partial charge on any atom is -0.465 e. The molecule has 0 radical (unpaired) electrons. The van der Waals surface area contributed by atoms with Crippen molar-refractivity contribution in [2.45, 2.75) is 19.5 Å². The smallest absolute Gasteiger partial charge is 0.407 e. The fourth-order valence-corrected chi connectivity index (χ4v) is 2.42. The first kappa shape index (κ1) is 11.8. The topological polar surface area (TPSA) is 58.4 Å². The van der Waals surface area contributed by atoms with Crippen molar-refractivity contribution in [1.82, 2.24) is 14.5 Å². The van der Waals surface area contributed by atoms with Crippen LogP contribution in [0.4, 0.5) is 4.79 Å². The average molecular weight is 257 g/mol. The molecule has 0 bridgehead atoms. The largest absolute Gasteiger partial charge is 0.465 e. The van der Waals surface area contributed by atoms with Gasteiger partial charge in [0, 0.05) is 19.5 Å². The number of rotatable bonds is 2. The van der Waals surface area contributed by atoms with E-state index in [0.29, 0.717) is 19.5 Å². The second-order valence-corrected chi connectivity index (χ2v) is 4.71. The summed E-state index contributed by atoms with van der Waals surface area (Å²) in [7, 11) is 0. The highest BCUT2D eigenvalue weighted by Gasteiger charge is 2.23. The summed E-state index contributed by atoms with van der Waals surface area (Å²) in [5.41, 5.74) is 3.22. The molecular formula is C14H15N3O2. The molecule has 19 heavy (non-hydrogen) atoms. The highest BCUT2D eigenvalue weighted by molar-refractivity contribution is 5.65. The van der Waals surface area contributed by atoms with Crippen molar-refractivity contribution in [1.29, 1.82) is 0 Å². The van der Waals surface area contributed by atoms with Gasteiger partial charge in [-0.15, -0.1) is 0 Å². The molecule has 0 aliphatic carbocycles. The van der Waals surface area contributed by atoms with Crippen LogP contribution in [0.15, 0.2) is 36.7 Å². The number of imidazole rings is 1. The second-order valence-electron chi connectivity index (χ2n) is 4.71. The Bertz CT molecular complexity index is 592. The van der Waals surface area contributed by atoms with Crippen molar-refractivity contribution >= 4 is 6.09 Å². The molecule has 1 aromatic carbocycles. The van der Waals surface area contributed by atoms with Crippen molar-refractivity contribution in [3.63, 3.8) is 0 Å². The normalized spacial score (nSPS) is 14.2. The van der Waals surface area contributed by atoms with Gasteiger partial charge >= 0.3 is 6.09 Å². The third-order valence-electron chi connectivity index (χ3n) is 3.46. The number of hydrogen-bond donors (Lipinski definition) is 1. The fraction of sp³-hybridized carbons (Fsp3) is 0.286. The third kappa shape index (κ3) is 2.31. The van der Waals surface area contributed by atoms with Gasteiger partial charge in [0.15, 0.2) is 0 Å². The predicted octanol–water partition coefficient (Wildman–Crippen LogP) is 1.97. The number of carbonyl (C=O) groups is 1. The van der Waals surface area contributed by atoms with Crippen LogP contribution >= 0.6 is 0 Å². The molecule has 5 nitrogen and oxygen atoms in total. The Morgan fingerprint density at radius 2 is 2.11 bits per heavy atom. The lowest BCUT2D eigenvalue weighted by Crippen LogP contribution is -2.35.